The Kier molecular flexibility index (Phi) is 4.47. The summed E-state index contributed by atoms with van der Waals surface area (Å²) in [6.07, 6.45) is 3.99. The quantitative estimate of drug-likeness (QED) is 0.507. The topological polar surface area (TPSA) is 96.7 Å². The van der Waals surface area contributed by atoms with Gasteiger partial charge < -0.3 is 16.0 Å². The van der Waals surface area contributed by atoms with Crippen LogP contribution < -0.4 is 11.1 Å². The molecule has 4 rings (SSSR count). The van der Waals surface area contributed by atoms with Crippen LogP contribution in [0.1, 0.15) is 5.56 Å². The Balaban J connectivity index is 1.44. The number of imidazole rings is 1. The van der Waals surface area contributed by atoms with Crippen molar-refractivity contribution in [2.24, 2.45) is 5.73 Å². The second kappa shape index (κ2) is 7.07. The van der Waals surface area contributed by atoms with Crippen molar-refractivity contribution in [1.82, 2.24) is 15.0 Å². The minimum absolute atomic E-state index is 0.196. The Labute approximate surface area is 154 Å². The van der Waals surface area contributed by atoms with Gasteiger partial charge in [-0.1, -0.05) is 0 Å². The first-order valence-corrected chi connectivity index (χ1v) is 9.11. The number of nitrogens with one attached hydrogen (secondary N) is 2. The number of aromatic nitrogens is 3. The van der Waals surface area contributed by atoms with Crippen molar-refractivity contribution < 1.29 is 4.79 Å². The van der Waals surface area contributed by atoms with Crippen molar-refractivity contribution in [2.75, 3.05) is 5.32 Å². The maximum Gasteiger partial charge on any atom is 0.241 e. The van der Waals surface area contributed by atoms with E-state index in [0.29, 0.717) is 12.1 Å². The number of aromatic amines is 1. The molecule has 7 heteroatoms. The van der Waals surface area contributed by atoms with Crippen molar-refractivity contribution in [1.29, 1.82) is 0 Å². The van der Waals surface area contributed by atoms with Crippen LogP contribution in [0.5, 0.6) is 0 Å². The molecule has 0 spiro atoms. The first kappa shape index (κ1) is 16.4. The van der Waals surface area contributed by atoms with Gasteiger partial charge in [0, 0.05) is 17.4 Å². The molecule has 26 heavy (non-hydrogen) atoms. The van der Waals surface area contributed by atoms with E-state index < -0.39 is 6.04 Å². The smallest absolute Gasteiger partial charge is 0.241 e. The van der Waals surface area contributed by atoms with Crippen LogP contribution in [-0.4, -0.2) is 26.9 Å². The Morgan fingerprint density at radius 2 is 2.08 bits per heavy atom. The van der Waals surface area contributed by atoms with E-state index in [0.717, 1.165) is 28.0 Å². The van der Waals surface area contributed by atoms with Crippen molar-refractivity contribution in [2.45, 2.75) is 12.5 Å². The second-order valence-electron chi connectivity index (χ2n) is 5.99. The van der Waals surface area contributed by atoms with E-state index >= 15 is 0 Å². The van der Waals surface area contributed by atoms with E-state index in [9.17, 15) is 4.79 Å². The van der Waals surface area contributed by atoms with E-state index in [2.05, 4.69) is 20.3 Å². The Bertz CT molecular complexity index is 991. The number of H-pyrrole nitrogens is 1. The molecule has 3 heterocycles. The van der Waals surface area contributed by atoms with Gasteiger partial charge in [0.1, 0.15) is 5.82 Å². The Morgan fingerprint density at radius 3 is 2.81 bits per heavy atom. The maximum atomic E-state index is 12.3. The third kappa shape index (κ3) is 3.49. The standard InChI is InChI=1S/C19H17N5OS/c20-15(9-12-6-8-26-11-12)19(25)22-14-3-1-13(2-4-14)18-23-16-5-7-21-10-17(16)24-18/h1-8,10-11,15H,9,20H2,(H,22,25)(H,23,24). The number of anilines is 1. The van der Waals surface area contributed by atoms with Crippen LogP contribution in [0.15, 0.2) is 59.6 Å². The zero-order valence-corrected chi connectivity index (χ0v) is 14.7. The third-order valence-electron chi connectivity index (χ3n) is 4.08. The number of thiophene rings is 1. The van der Waals surface area contributed by atoms with Gasteiger partial charge in [-0.3, -0.25) is 9.78 Å². The average Bonchev–Trinajstić information content (AvgIpc) is 3.31. The Hall–Kier alpha value is -3.03. The van der Waals surface area contributed by atoms with Crippen molar-refractivity contribution in [3.8, 4) is 11.4 Å². The van der Waals surface area contributed by atoms with Gasteiger partial charge in [-0.25, -0.2) is 4.98 Å². The van der Waals surface area contributed by atoms with Crippen LogP contribution in [0, 0.1) is 0 Å². The van der Waals surface area contributed by atoms with Crippen LogP contribution in [0.25, 0.3) is 22.4 Å². The number of fused-ring (bicyclic) bond motifs is 1. The van der Waals surface area contributed by atoms with Crippen LogP contribution in [0.3, 0.4) is 0 Å². The van der Waals surface area contributed by atoms with E-state index in [-0.39, 0.29) is 5.91 Å². The summed E-state index contributed by atoms with van der Waals surface area (Å²) in [6, 6.07) is 10.8. The van der Waals surface area contributed by atoms with Gasteiger partial charge in [-0.15, -0.1) is 0 Å². The summed E-state index contributed by atoms with van der Waals surface area (Å²) in [4.78, 5) is 24.1. The number of benzene rings is 1. The number of hydrogen-bond acceptors (Lipinski definition) is 5. The summed E-state index contributed by atoms with van der Waals surface area (Å²) in [6.45, 7) is 0. The van der Waals surface area contributed by atoms with Gasteiger partial charge in [0.15, 0.2) is 0 Å². The molecule has 1 atom stereocenters. The molecular weight excluding hydrogens is 346 g/mol. The van der Waals surface area contributed by atoms with Crippen LogP contribution in [-0.2, 0) is 11.2 Å². The highest BCUT2D eigenvalue weighted by atomic mass is 32.1. The van der Waals surface area contributed by atoms with Crippen molar-refractivity contribution >= 4 is 34.0 Å². The van der Waals surface area contributed by atoms with Crippen LogP contribution in [0.4, 0.5) is 5.69 Å². The fourth-order valence-corrected chi connectivity index (χ4v) is 3.38. The number of nitrogens with two attached hydrogens (primary N) is 1. The fourth-order valence-electron chi connectivity index (χ4n) is 2.70. The molecule has 0 saturated heterocycles. The highest BCUT2D eigenvalue weighted by Crippen LogP contribution is 2.21. The monoisotopic (exact) mass is 363 g/mol. The molecule has 0 aliphatic heterocycles. The van der Waals surface area contributed by atoms with Gasteiger partial charge in [0.2, 0.25) is 5.91 Å². The van der Waals surface area contributed by atoms with Gasteiger partial charge in [-0.2, -0.15) is 11.3 Å². The SMILES string of the molecule is NC(Cc1ccsc1)C(=O)Nc1ccc(-c2nc3ccncc3[nH]2)cc1. The lowest BCUT2D eigenvalue weighted by molar-refractivity contribution is -0.117. The maximum absolute atomic E-state index is 12.3. The number of hydrogen-bond donors (Lipinski definition) is 3. The first-order chi connectivity index (χ1) is 12.7. The molecule has 130 valence electrons. The van der Waals surface area contributed by atoms with E-state index in [1.807, 2.05) is 47.2 Å². The van der Waals surface area contributed by atoms with Gasteiger partial charge in [0.25, 0.3) is 0 Å². The number of carbonyl (C=O) groups excluding carboxylic acids is 1. The molecular formula is C19H17N5OS. The molecule has 1 unspecified atom stereocenters. The number of carbonyl (C=O) groups is 1. The van der Waals surface area contributed by atoms with E-state index in [1.165, 1.54) is 0 Å². The zero-order valence-electron chi connectivity index (χ0n) is 13.8. The lowest BCUT2D eigenvalue weighted by atomic mass is 10.1. The molecule has 1 amide bonds. The molecule has 0 aliphatic rings. The molecule has 0 aliphatic carbocycles. The summed E-state index contributed by atoms with van der Waals surface area (Å²) >= 11 is 1.60. The van der Waals surface area contributed by atoms with E-state index in [1.54, 1.807) is 23.7 Å². The molecule has 0 bridgehead atoms. The van der Waals surface area contributed by atoms with E-state index in [4.69, 9.17) is 5.73 Å². The zero-order chi connectivity index (χ0) is 17.9. The molecule has 3 aromatic heterocycles. The van der Waals surface area contributed by atoms with Gasteiger partial charge >= 0.3 is 0 Å². The highest BCUT2D eigenvalue weighted by molar-refractivity contribution is 7.07. The largest absolute Gasteiger partial charge is 0.337 e. The molecule has 6 nitrogen and oxygen atoms in total. The summed E-state index contributed by atoms with van der Waals surface area (Å²) in [5, 5.41) is 6.84. The lowest BCUT2D eigenvalue weighted by Crippen LogP contribution is -2.37. The lowest BCUT2D eigenvalue weighted by Gasteiger charge is -2.11. The number of amides is 1. The normalized spacial score (nSPS) is 12.2. The molecule has 0 radical (unpaired) electrons. The highest BCUT2D eigenvalue weighted by Gasteiger charge is 2.14. The van der Waals surface area contributed by atoms with Crippen LogP contribution >= 0.6 is 11.3 Å². The predicted molar refractivity (Wildman–Crippen MR) is 104 cm³/mol. The summed E-state index contributed by atoms with van der Waals surface area (Å²) in [5.74, 6) is 0.568. The minimum atomic E-state index is -0.577. The van der Waals surface area contributed by atoms with Gasteiger partial charge in [0.05, 0.1) is 23.3 Å². The average molecular weight is 363 g/mol. The van der Waals surface area contributed by atoms with Crippen molar-refractivity contribution in [3.63, 3.8) is 0 Å². The number of rotatable bonds is 5. The first-order valence-electron chi connectivity index (χ1n) is 8.17. The van der Waals surface area contributed by atoms with Crippen molar-refractivity contribution in [3.05, 3.63) is 65.1 Å². The molecule has 4 aromatic rings. The molecule has 0 fully saturated rings. The molecule has 1 aromatic carbocycles. The van der Waals surface area contributed by atoms with Gasteiger partial charge in [-0.05, 0) is 59.1 Å². The number of pyridine rings is 1. The predicted octanol–water partition coefficient (Wildman–Crippen LogP) is 3.19. The summed E-state index contributed by atoms with van der Waals surface area (Å²) in [5.41, 5.74) is 10.5. The summed E-state index contributed by atoms with van der Waals surface area (Å²) in [7, 11) is 0. The fraction of sp³-hybridized carbons (Fsp3) is 0.105. The minimum Gasteiger partial charge on any atom is -0.337 e. The number of nitrogens with zero attached hydrogens (tertiary/aromatic N) is 2. The Morgan fingerprint density at radius 1 is 1.23 bits per heavy atom. The molecule has 0 saturated carbocycles. The summed E-state index contributed by atoms with van der Waals surface area (Å²) < 4.78 is 0. The third-order valence-corrected chi connectivity index (χ3v) is 4.81. The second-order valence-corrected chi connectivity index (χ2v) is 6.77. The van der Waals surface area contributed by atoms with Crippen LogP contribution in [0.2, 0.25) is 0 Å². The molecule has 4 N–H and O–H groups in total.